The van der Waals surface area contributed by atoms with Gasteiger partial charge in [-0.15, -0.1) is 11.8 Å². The number of aliphatic carboxylic acids is 1. The average molecular weight is 312 g/mol. The molecule has 3 rings (SSSR count). The van der Waals surface area contributed by atoms with Gasteiger partial charge < -0.3 is 10.4 Å². The van der Waals surface area contributed by atoms with Crippen LogP contribution in [0.5, 0.6) is 0 Å². The number of carbonyl (C=O) groups excluding carboxylic acids is 1. The number of rotatable bonds is 3. The third kappa shape index (κ3) is 2.74. The van der Waals surface area contributed by atoms with Crippen molar-refractivity contribution >= 4 is 23.8 Å². The molecule has 3 aliphatic rings. The number of fused-ring (bicyclic) bond motifs is 2. The molecule has 0 aromatic heterocycles. The van der Waals surface area contributed by atoms with Gasteiger partial charge in [0.05, 0.1) is 5.37 Å². The third-order valence-corrected chi connectivity index (χ3v) is 6.75. The van der Waals surface area contributed by atoms with Crippen molar-refractivity contribution < 1.29 is 14.7 Å². The van der Waals surface area contributed by atoms with Crippen LogP contribution in [0.15, 0.2) is 0 Å². The Kier molecular flexibility index (Phi) is 4.08. The predicted molar refractivity (Wildman–Crippen MR) is 82.1 cm³/mol. The molecule has 0 aromatic carbocycles. The highest BCUT2D eigenvalue weighted by Gasteiger charge is 2.44. The number of carboxylic acid groups (broad SMARTS) is 1. The van der Waals surface area contributed by atoms with E-state index in [4.69, 9.17) is 0 Å². The van der Waals surface area contributed by atoms with Crippen LogP contribution < -0.4 is 5.32 Å². The van der Waals surface area contributed by atoms with E-state index in [-0.39, 0.29) is 17.4 Å². The number of amides is 2. The number of carboxylic acids is 1. The average Bonchev–Trinajstić information content (AvgIpc) is 3.12. The smallest absolute Gasteiger partial charge is 0.327 e. The molecule has 2 aliphatic carbocycles. The molecular formula is C15H24N2O3S. The molecule has 6 unspecified atom stereocenters. The zero-order valence-corrected chi connectivity index (χ0v) is 13.4. The fraction of sp³-hybridized carbons (Fsp3) is 0.867. The molecular weight excluding hydrogens is 288 g/mol. The van der Waals surface area contributed by atoms with Gasteiger partial charge in [0.2, 0.25) is 0 Å². The third-order valence-electron chi connectivity index (χ3n) is 5.53. The SMILES string of the molecule is CC(NC(=O)N1C(C)SCC1C(=O)O)C1CC2CCC1C2. The highest BCUT2D eigenvalue weighted by Crippen LogP contribution is 2.49. The van der Waals surface area contributed by atoms with Gasteiger partial charge in [-0.25, -0.2) is 9.59 Å². The summed E-state index contributed by atoms with van der Waals surface area (Å²) in [5, 5.41) is 12.3. The lowest BCUT2D eigenvalue weighted by molar-refractivity contribution is -0.141. The zero-order chi connectivity index (χ0) is 15.1. The molecule has 0 aromatic rings. The molecule has 2 N–H and O–H groups in total. The van der Waals surface area contributed by atoms with Gasteiger partial charge in [0.1, 0.15) is 6.04 Å². The Labute approximate surface area is 129 Å². The maximum atomic E-state index is 12.5. The summed E-state index contributed by atoms with van der Waals surface area (Å²) in [6.07, 6.45) is 5.18. The Morgan fingerprint density at radius 1 is 1.33 bits per heavy atom. The van der Waals surface area contributed by atoms with Gasteiger partial charge in [-0.1, -0.05) is 6.42 Å². The van der Waals surface area contributed by atoms with Crippen LogP contribution in [-0.4, -0.2) is 45.2 Å². The fourth-order valence-corrected chi connectivity index (χ4v) is 5.59. The van der Waals surface area contributed by atoms with Crippen molar-refractivity contribution in [1.82, 2.24) is 10.2 Å². The maximum Gasteiger partial charge on any atom is 0.327 e. The van der Waals surface area contributed by atoms with Gasteiger partial charge in [-0.3, -0.25) is 4.90 Å². The van der Waals surface area contributed by atoms with Gasteiger partial charge in [0, 0.05) is 11.8 Å². The Morgan fingerprint density at radius 3 is 2.67 bits per heavy atom. The Balaban J connectivity index is 1.61. The van der Waals surface area contributed by atoms with Crippen LogP contribution in [0.3, 0.4) is 0 Å². The molecule has 1 heterocycles. The summed E-state index contributed by atoms with van der Waals surface area (Å²) in [7, 11) is 0. The quantitative estimate of drug-likeness (QED) is 0.839. The van der Waals surface area contributed by atoms with E-state index in [9.17, 15) is 14.7 Å². The van der Waals surface area contributed by atoms with Crippen molar-refractivity contribution in [3.63, 3.8) is 0 Å². The lowest BCUT2D eigenvalue weighted by atomic mass is 9.84. The Bertz CT molecular complexity index is 445. The number of carbonyl (C=O) groups is 2. The van der Waals surface area contributed by atoms with Crippen LogP contribution in [-0.2, 0) is 4.79 Å². The lowest BCUT2D eigenvalue weighted by Gasteiger charge is -2.32. The number of nitrogens with zero attached hydrogens (tertiary/aromatic N) is 1. The predicted octanol–water partition coefficient (Wildman–Crippen LogP) is 2.37. The lowest BCUT2D eigenvalue weighted by Crippen LogP contribution is -2.53. The number of thioether (sulfide) groups is 1. The van der Waals surface area contributed by atoms with E-state index in [0.717, 1.165) is 11.8 Å². The van der Waals surface area contributed by atoms with E-state index in [1.807, 2.05) is 6.92 Å². The van der Waals surface area contributed by atoms with E-state index >= 15 is 0 Å². The number of urea groups is 1. The largest absolute Gasteiger partial charge is 0.480 e. The summed E-state index contributed by atoms with van der Waals surface area (Å²) in [4.78, 5) is 25.3. The van der Waals surface area contributed by atoms with Gasteiger partial charge in [0.15, 0.2) is 0 Å². The molecule has 118 valence electrons. The monoisotopic (exact) mass is 312 g/mol. The second-order valence-electron chi connectivity index (χ2n) is 6.77. The molecule has 2 amide bonds. The van der Waals surface area contributed by atoms with Gasteiger partial charge in [-0.2, -0.15) is 0 Å². The molecule has 5 nitrogen and oxygen atoms in total. The van der Waals surface area contributed by atoms with Crippen LogP contribution in [0.4, 0.5) is 4.79 Å². The van der Waals surface area contributed by atoms with E-state index in [0.29, 0.717) is 11.7 Å². The van der Waals surface area contributed by atoms with Gasteiger partial charge in [0.25, 0.3) is 0 Å². The molecule has 2 saturated carbocycles. The topological polar surface area (TPSA) is 69.6 Å². The second-order valence-corrected chi connectivity index (χ2v) is 8.12. The van der Waals surface area contributed by atoms with Crippen molar-refractivity contribution in [3.05, 3.63) is 0 Å². The van der Waals surface area contributed by atoms with Crippen molar-refractivity contribution in [1.29, 1.82) is 0 Å². The number of nitrogens with one attached hydrogen (secondary N) is 1. The molecule has 6 atom stereocenters. The second kappa shape index (κ2) is 5.71. The Morgan fingerprint density at radius 2 is 2.10 bits per heavy atom. The van der Waals surface area contributed by atoms with Crippen molar-refractivity contribution in [2.24, 2.45) is 17.8 Å². The summed E-state index contributed by atoms with van der Waals surface area (Å²) >= 11 is 1.53. The van der Waals surface area contributed by atoms with E-state index in [2.05, 4.69) is 12.2 Å². The van der Waals surface area contributed by atoms with Crippen LogP contribution in [0, 0.1) is 17.8 Å². The van der Waals surface area contributed by atoms with Crippen molar-refractivity contribution in [3.8, 4) is 0 Å². The summed E-state index contributed by atoms with van der Waals surface area (Å²) in [5.41, 5.74) is 0. The molecule has 6 heteroatoms. The fourth-order valence-electron chi connectivity index (χ4n) is 4.42. The first-order valence-corrected chi connectivity index (χ1v) is 8.95. The first kappa shape index (κ1) is 15.0. The highest BCUT2D eigenvalue weighted by molar-refractivity contribution is 8.00. The normalized spacial score (nSPS) is 39.5. The minimum absolute atomic E-state index is 0.0710. The minimum Gasteiger partial charge on any atom is -0.480 e. The standard InChI is InChI=1S/C15H24N2O3S/c1-8(12-6-10-3-4-11(12)5-10)16-15(20)17-9(2)21-7-13(17)14(18)19/h8-13H,3-7H2,1-2H3,(H,16,20)(H,18,19). The van der Waals surface area contributed by atoms with Crippen LogP contribution in [0.2, 0.25) is 0 Å². The number of hydrogen-bond acceptors (Lipinski definition) is 3. The zero-order valence-electron chi connectivity index (χ0n) is 12.6. The molecule has 3 fully saturated rings. The molecule has 2 bridgehead atoms. The minimum atomic E-state index is -0.908. The molecule has 21 heavy (non-hydrogen) atoms. The molecule has 1 saturated heterocycles. The van der Waals surface area contributed by atoms with Crippen LogP contribution >= 0.6 is 11.8 Å². The summed E-state index contributed by atoms with van der Waals surface area (Å²) in [5.74, 6) is 1.75. The van der Waals surface area contributed by atoms with Gasteiger partial charge >= 0.3 is 12.0 Å². The molecule has 1 aliphatic heterocycles. The summed E-state index contributed by atoms with van der Waals surface area (Å²) in [6, 6.07) is -0.771. The Hall–Kier alpha value is -0.910. The molecule has 0 radical (unpaired) electrons. The van der Waals surface area contributed by atoms with E-state index in [1.165, 1.54) is 42.3 Å². The summed E-state index contributed by atoms with van der Waals surface area (Å²) in [6.45, 7) is 3.97. The first-order chi connectivity index (χ1) is 9.97. The van der Waals surface area contributed by atoms with E-state index in [1.54, 1.807) is 0 Å². The number of hydrogen-bond donors (Lipinski definition) is 2. The van der Waals surface area contributed by atoms with Crippen LogP contribution in [0.25, 0.3) is 0 Å². The van der Waals surface area contributed by atoms with Crippen LogP contribution in [0.1, 0.15) is 39.5 Å². The molecule has 0 spiro atoms. The maximum absolute atomic E-state index is 12.5. The first-order valence-electron chi connectivity index (χ1n) is 7.90. The van der Waals surface area contributed by atoms with Crippen molar-refractivity contribution in [2.45, 2.75) is 57.0 Å². The van der Waals surface area contributed by atoms with E-state index < -0.39 is 12.0 Å². The van der Waals surface area contributed by atoms with Gasteiger partial charge in [-0.05, 0) is 50.9 Å². The van der Waals surface area contributed by atoms with Crippen molar-refractivity contribution in [2.75, 3.05) is 5.75 Å². The summed E-state index contributed by atoms with van der Waals surface area (Å²) < 4.78 is 0. The highest BCUT2D eigenvalue weighted by atomic mass is 32.2.